The summed E-state index contributed by atoms with van der Waals surface area (Å²) in [4.78, 5) is 33.7. The lowest BCUT2D eigenvalue weighted by Gasteiger charge is -2.29. The van der Waals surface area contributed by atoms with E-state index in [2.05, 4.69) is 15.9 Å². The third-order valence-electron chi connectivity index (χ3n) is 6.03. The highest BCUT2D eigenvalue weighted by molar-refractivity contribution is 9.10. The van der Waals surface area contributed by atoms with Crippen molar-refractivity contribution in [1.82, 2.24) is 0 Å². The van der Waals surface area contributed by atoms with E-state index in [0.717, 1.165) is 32.6 Å². The molecule has 3 atom stereocenters. The van der Waals surface area contributed by atoms with E-state index in [-0.39, 0.29) is 5.69 Å². The van der Waals surface area contributed by atoms with E-state index in [1.807, 2.05) is 49.4 Å². The van der Waals surface area contributed by atoms with Crippen molar-refractivity contribution >= 4 is 39.1 Å². The van der Waals surface area contributed by atoms with Crippen molar-refractivity contribution in [3.05, 3.63) is 94.0 Å². The fraction of sp³-hybridized carbons (Fsp3) is 0.200. The molecule has 174 valence electrons. The predicted molar refractivity (Wildman–Crippen MR) is 123 cm³/mol. The van der Waals surface area contributed by atoms with Crippen LogP contribution in [0.25, 0.3) is 0 Å². The van der Waals surface area contributed by atoms with Gasteiger partial charge in [-0.05, 0) is 48.9 Å². The molecule has 2 heterocycles. The molecule has 0 spiro atoms. The first kappa shape index (κ1) is 22.6. The first-order valence-corrected chi connectivity index (χ1v) is 11.3. The van der Waals surface area contributed by atoms with Crippen molar-refractivity contribution in [3.63, 3.8) is 0 Å². The SMILES string of the molecule is Cc1ccc([C@@H]2[C@@H]3C(=O)N(c4cccc(C(F)(F)F)c4)C(=O)[C@@H]3ON2c2cccc(Br)c2)cc1. The van der Waals surface area contributed by atoms with Gasteiger partial charge in [0.25, 0.3) is 5.91 Å². The normalized spacial score (nSPS) is 22.4. The van der Waals surface area contributed by atoms with Gasteiger partial charge in [-0.2, -0.15) is 13.2 Å². The van der Waals surface area contributed by atoms with Gasteiger partial charge < -0.3 is 0 Å². The van der Waals surface area contributed by atoms with Gasteiger partial charge in [0.2, 0.25) is 5.91 Å². The van der Waals surface area contributed by atoms with E-state index in [1.165, 1.54) is 12.1 Å². The van der Waals surface area contributed by atoms with Gasteiger partial charge in [0.1, 0.15) is 5.92 Å². The second-order valence-electron chi connectivity index (χ2n) is 8.27. The Morgan fingerprint density at radius 3 is 2.24 bits per heavy atom. The summed E-state index contributed by atoms with van der Waals surface area (Å²) in [6.07, 6.45) is -5.76. The highest BCUT2D eigenvalue weighted by atomic mass is 79.9. The zero-order valence-corrected chi connectivity index (χ0v) is 19.4. The lowest BCUT2D eigenvalue weighted by molar-refractivity contribution is -0.137. The van der Waals surface area contributed by atoms with Crippen LogP contribution in [-0.4, -0.2) is 17.9 Å². The van der Waals surface area contributed by atoms with Gasteiger partial charge >= 0.3 is 6.18 Å². The van der Waals surface area contributed by atoms with Gasteiger partial charge in [0, 0.05) is 4.47 Å². The fourth-order valence-corrected chi connectivity index (χ4v) is 4.82. The number of halogens is 4. The molecule has 5 rings (SSSR count). The maximum Gasteiger partial charge on any atom is 0.416 e. The summed E-state index contributed by atoms with van der Waals surface area (Å²) >= 11 is 3.43. The quantitative estimate of drug-likeness (QED) is 0.400. The van der Waals surface area contributed by atoms with Crippen molar-refractivity contribution in [1.29, 1.82) is 0 Å². The minimum absolute atomic E-state index is 0.125. The molecule has 0 aliphatic carbocycles. The molecule has 9 heteroatoms. The molecule has 34 heavy (non-hydrogen) atoms. The first-order valence-electron chi connectivity index (χ1n) is 10.5. The third-order valence-corrected chi connectivity index (χ3v) is 6.52. The summed E-state index contributed by atoms with van der Waals surface area (Å²) < 4.78 is 40.5. The average molecular weight is 531 g/mol. The number of hydroxylamine groups is 1. The number of benzene rings is 3. The molecule has 2 amide bonds. The number of alkyl halides is 3. The number of carbonyl (C=O) groups excluding carboxylic acids is 2. The molecule has 0 N–H and O–H groups in total. The Morgan fingerprint density at radius 2 is 1.56 bits per heavy atom. The van der Waals surface area contributed by atoms with Gasteiger partial charge in [-0.25, -0.2) is 9.96 Å². The van der Waals surface area contributed by atoms with Gasteiger partial charge in [0.15, 0.2) is 6.10 Å². The lowest BCUT2D eigenvalue weighted by Crippen LogP contribution is -2.37. The van der Waals surface area contributed by atoms with Crippen molar-refractivity contribution in [2.45, 2.75) is 25.2 Å². The van der Waals surface area contributed by atoms with Crippen molar-refractivity contribution in [2.75, 3.05) is 9.96 Å². The second kappa shape index (κ2) is 8.25. The summed E-state index contributed by atoms with van der Waals surface area (Å²) in [7, 11) is 0. The highest BCUT2D eigenvalue weighted by Crippen LogP contribution is 2.48. The first-order chi connectivity index (χ1) is 16.1. The fourth-order valence-electron chi connectivity index (χ4n) is 4.43. The summed E-state index contributed by atoms with van der Waals surface area (Å²) in [6, 6.07) is 18.3. The summed E-state index contributed by atoms with van der Waals surface area (Å²) in [5.74, 6) is -2.22. The Bertz CT molecular complexity index is 1280. The molecule has 0 radical (unpaired) electrons. The molecule has 3 aromatic carbocycles. The summed E-state index contributed by atoms with van der Waals surface area (Å²) in [6.45, 7) is 1.93. The standard InChI is InChI=1S/C25H18BrF3N2O3/c1-14-8-10-15(11-9-14)21-20-22(34-31(21)19-7-3-5-17(26)13-19)24(33)30(23(20)32)18-6-2-4-16(12-18)25(27,28)29/h2-13,20-22H,1H3/t20-,21+,22+/m0/s1. The van der Waals surface area contributed by atoms with Gasteiger partial charge in [0.05, 0.1) is 23.0 Å². The summed E-state index contributed by atoms with van der Waals surface area (Å²) in [5, 5.41) is 1.55. The number of anilines is 2. The molecular formula is C25H18BrF3N2O3. The van der Waals surface area contributed by atoms with Gasteiger partial charge in [-0.3, -0.25) is 14.4 Å². The smallest absolute Gasteiger partial charge is 0.273 e. The zero-order valence-electron chi connectivity index (χ0n) is 17.8. The molecule has 0 aromatic heterocycles. The third kappa shape index (κ3) is 3.78. The van der Waals surface area contributed by atoms with E-state index in [0.29, 0.717) is 5.69 Å². The molecule has 5 nitrogen and oxygen atoms in total. The number of amides is 2. The van der Waals surface area contributed by atoms with Crippen LogP contribution >= 0.6 is 15.9 Å². The Labute approximate surface area is 201 Å². The Hall–Kier alpha value is -3.17. The molecule has 3 aromatic rings. The number of imide groups is 1. The van der Waals surface area contributed by atoms with Crippen LogP contribution in [0.15, 0.2) is 77.3 Å². The molecule has 2 fully saturated rings. The van der Waals surface area contributed by atoms with Crippen LogP contribution in [0, 0.1) is 12.8 Å². The van der Waals surface area contributed by atoms with Crippen LogP contribution in [0.3, 0.4) is 0 Å². The molecule has 0 saturated carbocycles. The molecule has 0 bridgehead atoms. The molecule has 2 saturated heterocycles. The molecule has 0 unspecified atom stereocenters. The zero-order chi connectivity index (χ0) is 24.2. The number of aryl methyl sites for hydroxylation is 1. The largest absolute Gasteiger partial charge is 0.416 e. The van der Waals surface area contributed by atoms with Crippen LogP contribution in [0.5, 0.6) is 0 Å². The van der Waals surface area contributed by atoms with Crippen LogP contribution in [-0.2, 0) is 20.6 Å². The second-order valence-corrected chi connectivity index (χ2v) is 9.19. The van der Waals surface area contributed by atoms with Gasteiger partial charge in [-0.1, -0.05) is 57.9 Å². The van der Waals surface area contributed by atoms with Crippen LogP contribution < -0.4 is 9.96 Å². The van der Waals surface area contributed by atoms with Crippen molar-refractivity contribution < 1.29 is 27.6 Å². The monoisotopic (exact) mass is 530 g/mol. The highest BCUT2D eigenvalue weighted by Gasteiger charge is 2.60. The van der Waals surface area contributed by atoms with Crippen LogP contribution in [0.2, 0.25) is 0 Å². The van der Waals surface area contributed by atoms with E-state index in [1.54, 1.807) is 11.1 Å². The lowest BCUT2D eigenvalue weighted by atomic mass is 9.90. The molecule has 2 aliphatic rings. The Balaban J connectivity index is 1.57. The number of nitrogens with zero attached hydrogens (tertiary/aromatic N) is 2. The van der Waals surface area contributed by atoms with Gasteiger partial charge in [-0.15, -0.1) is 0 Å². The van der Waals surface area contributed by atoms with Crippen molar-refractivity contribution in [3.8, 4) is 0 Å². The minimum Gasteiger partial charge on any atom is -0.273 e. The van der Waals surface area contributed by atoms with Crippen LogP contribution in [0.4, 0.5) is 24.5 Å². The number of fused-ring (bicyclic) bond motifs is 1. The van der Waals surface area contributed by atoms with E-state index >= 15 is 0 Å². The predicted octanol–water partition coefficient (Wildman–Crippen LogP) is 5.83. The van der Waals surface area contributed by atoms with E-state index in [9.17, 15) is 22.8 Å². The number of rotatable bonds is 3. The number of hydrogen-bond donors (Lipinski definition) is 0. The Morgan fingerprint density at radius 1 is 0.882 bits per heavy atom. The Kier molecular flexibility index (Phi) is 5.49. The van der Waals surface area contributed by atoms with E-state index in [4.69, 9.17) is 4.84 Å². The average Bonchev–Trinajstić information content (AvgIpc) is 3.30. The van der Waals surface area contributed by atoms with Crippen molar-refractivity contribution in [2.24, 2.45) is 5.92 Å². The summed E-state index contributed by atoms with van der Waals surface area (Å²) in [5.41, 5.74) is 1.35. The maximum atomic E-state index is 13.6. The maximum absolute atomic E-state index is 13.6. The minimum atomic E-state index is -4.60. The molecular weight excluding hydrogens is 513 g/mol. The van der Waals surface area contributed by atoms with Crippen LogP contribution in [0.1, 0.15) is 22.7 Å². The molecule has 2 aliphatic heterocycles. The number of carbonyl (C=O) groups is 2. The van der Waals surface area contributed by atoms with E-state index < -0.39 is 41.6 Å². The number of hydrogen-bond acceptors (Lipinski definition) is 4. The topological polar surface area (TPSA) is 49.9 Å².